The monoisotopic (exact) mass is 642 g/mol. The molecule has 3 N–H and O–H groups in total. The maximum Gasteiger partial charge on any atom is 0.320 e. The smallest absolute Gasteiger partial charge is 0.320 e. The summed E-state index contributed by atoms with van der Waals surface area (Å²) in [7, 11) is 0. The molecule has 6 rings (SSSR count). The molecule has 0 unspecified atom stereocenters. The second kappa shape index (κ2) is 14.5. The van der Waals surface area contributed by atoms with E-state index in [-0.39, 0.29) is 0 Å². The summed E-state index contributed by atoms with van der Waals surface area (Å²) < 4.78 is 24.2. The van der Waals surface area contributed by atoms with Gasteiger partial charge in [-0.3, -0.25) is 9.69 Å². The Labute approximate surface area is 274 Å². The number of halogens is 1. The molecule has 0 aliphatic carbocycles. The van der Waals surface area contributed by atoms with Crippen LogP contribution in [0.4, 0.5) is 0 Å². The molecule has 2 heterocycles. The Morgan fingerprint density at radius 2 is 1.70 bits per heavy atom. The van der Waals surface area contributed by atoms with E-state index in [1.165, 1.54) is 0 Å². The van der Waals surface area contributed by atoms with E-state index in [4.69, 9.17) is 36.3 Å². The van der Waals surface area contributed by atoms with Crippen molar-refractivity contribution in [1.82, 2.24) is 4.90 Å². The van der Waals surface area contributed by atoms with Gasteiger partial charge < -0.3 is 29.8 Å². The van der Waals surface area contributed by atoms with Crippen LogP contribution >= 0.6 is 11.6 Å². The normalized spacial score (nSPS) is 16.2. The maximum atomic E-state index is 12.0. The molecule has 1 saturated heterocycles. The summed E-state index contributed by atoms with van der Waals surface area (Å²) in [6, 6.07) is 23.2. The van der Waals surface area contributed by atoms with Crippen LogP contribution in [-0.2, 0) is 31.1 Å². The van der Waals surface area contributed by atoms with E-state index in [1.807, 2.05) is 71.6 Å². The molecule has 8 nitrogen and oxygen atoms in total. The largest absolute Gasteiger partial charge is 0.488 e. The number of piperidine rings is 1. The van der Waals surface area contributed by atoms with Crippen LogP contribution in [0.1, 0.15) is 47.1 Å². The molecule has 9 heteroatoms. The van der Waals surface area contributed by atoms with Gasteiger partial charge in [-0.1, -0.05) is 66.6 Å². The number of aliphatic carboxylic acids is 1. The number of hydrogen-bond acceptors (Lipinski definition) is 7. The van der Waals surface area contributed by atoms with Crippen LogP contribution < -0.4 is 24.7 Å². The number of nitrogens with two attached hydrogens (primary N) is 1. The van der Waals surface area contributed by atoms with E-state index >= 15 is 0 Å². The second-order valence-electron chi connectivity index (χ2n) is 11.8. The summed E-state index contributed by atoms with van der Waals surface area (Å²) in [6.45, 7) is 5.34. The first kappa shape index (κ1) is 31.7. The predicted molar refractivity (Wildman–Crippen MR) is 178 cm³/mol. The highest BCUT2D eigenvalue weighted by Gasteiger charge is 2.29. The number of carboxylic acid groups (broad SMARTS) is 1. The molecule has 0 amide bonds. The molecule has 0 spiro atoms. The minimum atomic E-state index is -0.805. The summed E-state index contributed by atoms with van der Waals surface area (Å²) >= 11 is 6.82. The Morgan fingerprint density at radius 1 is 0.913 bits per heavy atom. The Hall–Kier alpha value is -4.24. The van der Waals surface area contributed by atoms with Gasteiger partial charge in [-0.25, -0.2) is 0 Å². The topological polar surface area (TPSA) is 103 Å². The Kier molecular flexibility index (Phi) is 9.97. The number of ether oxygens (including phenoxy) is 4. The molecule has 4 aromatic rings. The molecule has 1 atom stereocenters. The van der Waals surface area contributed by atoms with E-state index in [0.717, 1.165) is 63.3 Å². The summed E-state index contributed by atoms with van der Waals surface area (Å²) in [5.74, 6) is 1.80. The molecular weight excluding hydrogens is 604 g/mol. The van der Waals surface area contributed by atoms with Crippen molar-refractivity contribution in [3.8, 4) is 34.1 Å². The summed E-state index contributed by atoms with van der Waals surface area (Å²) in [4.78, 5) is 14.0. The predicted octanol–water partition coefficient (Wildman–Crippen LogP) is 7.14. The average molecular weight is 643 g/mol. The Morgan fingerprint density at radius 3 is 2.52 bits per heavy atom. The van der Waals surface area contributed by atoms with Crippen LogP contribution in [0.2, 0.25) is 5.02 Å². The standard InChI is InChI=1S/C37H39ClN2O6/c1-24-28(8-5-9-30(24)27-11-12-33-36(18-27)44-15-14-43-33)23-46-35-19-34(45-22-26-7-4-6-25(16-26)20-39)29(17-31(35)38)21-40-13-3-2-10-32(40)37(41)42/h4-9,11-12,16-19,32H,2-3,10,13-15,20-23,39H2,1H3,(H,41,42)/t32-/m0/s1. The third kappa shape index (κ3) is 7.25. The zero-order valence-corrected chi connectivity index (χ0v) is 26.7. The SMILES string of the molecule is Cc1c(COc2cc(OCc3cccc(CN)c3)c(CN3CCCC[C@H]3C(=O)O)cc2Cl)cccc1-c1ccc2c(c1)OCCO2. The number of rotatable bonds is 11. The highest BCUT2D eigenvalue weighted by atomic mass is 35.5. The number of carbonyl (C=O) groups is 1. The molecule has 0 aromatic heterocycles. The Balaban J connectivity index is 1.25. The lowest BCUT2D eigenvalue weighted by Crippen LogP contribution is -2.44. The molecule has 2 aliphatic heterocycles. The van der Waals surface area contributed by atoms with Crippen molar-refractivity contribution in [2.24, 2.45) is 5.73 Å². The molecule has 46 heavy (non-hydrogen) atoms. The third-order valence-corrected chi connectivity index (χ3v) is 8.99. The Bertz CT molecular complexity index is 1710. The van der Waals surface area contributed by atoms with Crippen LogP contribution in [0.25, 0.3) is 11.1 Å². The van der Waals surface area contributed by atoms with E-state index in [0.29, 0.717) is 69.0 Å². The molecule has 0 radical (unpaired) electrons. The van der Waals surface area contributed by atoms with E-state index in [2.05, 4.69) is 13.0 Å². The van der Waals surface area contributed by atoms with E-state index in [1.54, 1.807) is 0 Å². The first-order valence-corrected chi connectivity index (χ1v) is 16.1. The van der Waals surface area contributed by atoms with Crippen molar-refractivity contribution in [3.63, 3.8) is 0 Å². The lowest BCUT2D eigenvalue weighted by Gasteiger charge is -2.33. The number of likely N-dealkylation sites (tertiary alicyclic amines) is 1. The number of fused-ring (bicyclic) bond motifs is 1. The van der Waals surface area contributed by atoms with Crippen molar-refractivity contribution in [1.29, 1.82) is 0 Å². The van der Waals surface area contributed by atoms with Crippen molar-refractivity contribution in [2.75, 3.05) is 19.8 Å². The lowest BCUT2D eigenvalue weighted by atomic mass is 9.96. The fourth-order valence-corrected chi connectivity index (χ4v) is 6.39. The van der Waals surface area contributed by atoms with Crippen LogP contribution in [0.3, 0.4) is 0 Å². The van der Waals surface area contributed by atoms with Crippen molar-refractivity contribution in [3.05, 3.63) is 106 Å². The number of benzene rings is 4. The third-order valence-electron chi connectivity index (χ3n) is 8.69. The molecule has 4 aromatic carbocycles. The van der Waals surface area contributed by atoms with Crippen LogP contribution in [0.15, 0.2) is 72.8 Å². The van der Waals surface area contributed by atoms with Gasteiger partial charge in [0.15, 0.2) is 11.5 Å². The fourth-order valence-electron chi connectivity index (χ4n) is 6.15. The van der Waals surface area contributed by atoms with Gasteiger partial charge in [0.1, 0.15) is 44.0 Å². The summed E-state index contributed by atoms with van der Waals surface area (Å²) in [5.41, 5.74) is 12.9. The number of carboxylic acids is 1. The minimum absolute atomic E-state index is 0.300. The van der Waals surface area contributed by atoms with Crippen molar-refractivity contribution in [2.45, 2.75) is 58.5 Å². The summed E-state index contributed by atoms with van der Waals surface area (Å²) in [6.07, 6.45) is 2.47. The van der Waals surface area contributed by atoms with Gasteiger partial charge in [-0.05, 0) is 77.9 Å². The molecule has 240 valence electrons. The fraction of sp³-hybridized carbons (Fsp3) is 0.324. The first-order chi connectivity index (χ1) is 22.4. The van der Waals surface area contributed by atoms with Gasteiger partial charge in [-0.2, -0.15) is 0 Å². The van der Waals surface area contributed by atoms with Gasteiger partial charge in [-0.15, -0.1) is 0 Å². The van der Waals surface area contributed by atoms with E-state index in [9.17, 15) is 9.90 Å². The first-order valence-electron chi connectivity index (χ1n) is 15.7. The minimum Gasteiger partial charge on any atom is -0.488 e. The summed E-state index contributed by atoms with van der Waals surface area (Å²) in [5, 5.41) is 10.3. The van der Waals surface area contributed by atoms with Crippen LogP contribution in [0.5, 0.6) is 23.0 Å². The quantitative estimate of drug-likeness (QED) is 0.178. The van der Waals surface area contributed by atoms with Gasteiger partial charge in [0.25, 0.3) is 0 Å². The van der Waals surface area contributed by atoms with E-state index < -0.39 is 12.0 Å². The van der Waals surface area contributed by atoms with Gasteiger partial charge in [0.05, 0.1) is 5.02 Å². The van der Waals surface area contributed by atoms with Gasteiger partial charge in [0, 0.05) is 24.7 Å². The molecule has 0 saturated carbocycles. The molecule has 1 fully saturated rings. The molecule has 0 bridgehead atoms. The highest BCUT2D eigenvalue weighted by Crippen LogP contribution is 2.38. The van der Waals surface area contributed by atoms with Crippen molar-refractivity contribution < 1.29 is 28.8 Å². The maximum absolute atomic E-state index is 12.0. The molecule has 2 aliphatic rings. The second-order valence-corrected chi connectivity index (χ2v) is 12.2. The zero-order valence-electron chi connectivity index (χ0n) is 26.0. The van der Waals surface area contributed by atoms with Crippen LogP contribution in [-0.4, -0.2) is 41.8 Å². The van der Waals surface area contributed by atoms with Crippen LogP contribution in [0, 0.1) is 6.92 Å². The van der Waals surface area contributed by atoms with Crippen molar-refractivity contribution >= 4 is 17.6 Å². The lowest BCUT2D eigenvalue weighted by molar-refractivity contribution is -0.144. The zero-order chi connectivity index (χ0) is 32.0. The molecular formula is C37H39ClN2O6. The van der Waals surface area contributed by atoms with Gasteiger partial charge in [0.2, 0.25) is 0 Å². The average Bonchev–Trinajstić information content (AvgIpc) is 3.08. The number of nitrogens with zero attached hydrogens (tertiary/aromatic N) is 1. The number of hydrogen-bond donors (Lipinski definition) is 2. The van der Waals surface area contributed by atoms with Gasteiger partial charge >= 0.3 is 5.97 Å². The highest BCUT2D eigenvalue weighted by molar-refractivity contribution is 6.32.